The summed E-state index contributed by atoms with van der Waals surface area (Å²) < 4.78 is 10.7. The fourth-order valence-electron chi connectivity index (χ4n) is 3.46. The third-order valence-corrected chi connectivity index (χ3v) is 5.70. The van der Waals surface area contributed by atoms with Crippen molar-refractivity contribution in [1.29, 1.82) is 0 Å². The van der Waals surface area contributed by atoms with Crippen LogP contribution in [0.4, 0.5) is 5.69 Å². The van der Waals surface area contributed by atoms with Crippen molar-refractivity contribution >= 4 is 17.5 Å². The fraction of sp³-hybridized carbons (Fsp3) is 0.440. The smallest absolute Gasteiger partial charge is 0.311 e. The molecule has 0 radical (unpaired) electrons. The number of hydrogen-bond acceptors (Lipinski definition) is 6. The van der Waals surface area contributed by atoms with E-state index in [4.69, 9.17) is 9.47 Å². The van der Waals surface area contributed by atoms with Crippen LogP contribution in [0.3, 0.4) is 0 Å². The van der Waals surface area contributed by atoms with E-state index in [2.05, 4.69) is 5.32 Å². The van der Waals surface area contributed by atoms with Gasteiger partial charge in [0.15, 0.2) is 6.61 Å². The number of methoxy groups -OCH3 is 1. The summed E-state index contributed by atoms with van der Waals surface area (Å²) in [5.74, 6) is -0.294. The number of amides is 2. The topological polar surface area (TPSA) is 111 Å². The van der Waals surface area contributed by atoms with Crippen molar-refractivity contribution < 1.29 is 24.0 Å². The van der Waals surface area contributed by atoms with Crippen LogP contribution in [0.25, 0.3) is 0 Å². The predicted octanol–water partition coefficient (Wildman–Crippen LogP) is 4.01. The number of rotatable bonds is 12. The molecule has 0 heterocycles. The van der Waals surface area contributed by atoms with Gasteiger partial charge in [-0.25, -0.2) is 0 Å². The van der Waals surface area contributed by atoms with E-state index in [1.54, 1.807) is 0 Å². The Morgan fingerprint density at radius 1 is 1.15 bits per heavy atom. The summed E-state index contributed by atoms with van der Waals surface area (Å²) in [6, 6.07) is 11.1. The Morgan fingerprint density at radius 2 is 1.85 bits per heavy atom. The first-order valence-electron chi connectivity index (χ1n) is 11.3. The summed E-state index contributed by atoms with van der Waals surface area (Å²) in [5.41, 5.74) is 1.75. The average molecular weight is 472 g/mol. The molecule has 184 valence electrons. The van der Waals surface area contributed by atoms with Crippen LogP contribution in [0, 0.1) is 17.0 Å². The van der Waals surface area contributed by atoms with Crippen molar-refractivity contribution in [1.82, 2.24) is 10.2 Å². The molecule has 0 saturated heterocycles. The molecule has 0 aliphatic heterocycles. The number of nitro groups is 1. The zero-order valence-corrected chi connectivity index (χ0v) is 20.4. The lowest BCUT2D eigenvalue weighted by Gasteiger charge is -2.31. The fourth-order valence-corrected chi connectivity index (χ4v) is 3.46. The molecule has 9 heteroatoms. The molecule has 2 aromatic carbocycles. The van der Waals surface area contributed by atoms with Crippen LogP contribution < -0.4 is 14.8 Å². The molecule has 2 aromatic rings. The lowest BCUT2D eigenvalue weighted by molar-refractivity contribution is -0.385. The van der Waals surface area contributed by atoms with Crippen molar-refractivity contribution in [3.63, 3.8) is 0 Å². The number of carbonyl (C=O) groups is 2. The highest BCUT2D eigenvalue weighted by Gasteiger charge is 2.30. The Hall–Kier alpha value is -3.62. The van der Waals surface area contributed by atoms with E-state index in [9.17, 15) is 19.7 Å². The van der Waals surface area contributed by atoms with E-state index in [0.717, 1.165) is 17.5 Å². The highest BCUT2D eigenvalue weighted by molar-refractivity contribution is 5.88. The lowest BCUT2D eigenvalue weighted by atomic mass is 10.1. The average Bonchev–Trinajstić information content (AvgIpc) is 2.82. The van der Waals surface area contributed by atoms with Crippen LogP contribution in [0.15, 0.2) is 42.5 Å². The first-order valence-corrected chi connectivity index (χ1v) is 11.3. The predicted molar refractivity (Wildman–Crippen MR) is 129 cm³/mol. The molecule has 0 aliphatic rings. The monoisotopic (exact) mass is 471 g/mol. The van der Waals surface area contributed by atoms with Crippen LogP contribution in [0.5, 0.6) is 11.5 Å². The molecule has 0 unspecified atom stereocenters. The number of aryl methyl sites for hydroxylation is 1. The third-order valence-electron chi connectivity index (χ3n) is 5.70. The van der Waals surface area contributed by atoms with Gasteiger partial charge < -0.3 is 19.7 Å². The van der Waals surface area contributed by atoms with Gasteiger partial charge in [0, 0.05) is 24.7 Å². The summed E-state index contributed by atoms with van der Waals surface area (Å²) in [7, 11) is 1.32. The highest BCUT2D eigenvalue weighted by atomic mass is 16.6. The lowest BCUT2D eigenvalue weighted by Crippen LogP contribution is -2.51. The van der Waals surface area contributed by atoms with Gasteiger partial charge in [0.05, 0.1) is 12.0 Å². The summed E-state index contributed by atoms with van der Waals surface area (Å²) in [6.07, 6.45) is 1.21. The first kappa shape index (κ1) is 26.6. The SMILES string of the molecule is CC[C@@H](C)NC(=O)[C@H](CC)N(Cc1ccccc1C)C(=O)COc1ccc([N+](=O)[O-])c(OC)c1. The van der Waals surface area contributed by atoms with Gasteiger partial charge in [-0.15, -0.1) is 0 Å². The van der Waals surface area contributed by atoms with E-state index in [-0.39, 0.29) is 48.2 Å². The van der Waals surface area contributed by atoms with Crippen LogP contribution in [-0.2, 0) is 16.1 Å². The van der Waals surface area contributed by atoms with E-state index in [0.29, 0.717) is 6.42 Å². The first-order chi connectivity index (χ1) is 16.2. The summed E-state index contributed by atoms with van der Waals surface area (Å²) in [5, 5.41) is 14.1. The molecule has 2 rings (SSSR count). The van der Waals surface area contributed by atoms with Crippen LogP contribution in [-0.4, -0.2) is 47.4 Å². The van der Waals surface area contributed by atoms with E-state index in [1.807, 2.05) is 52.0 Å². The zero-order valence-electron chi connectivity index (χ0n) is 20.4. The molecular weight excluding hydrogens is 438 g/mol. The standard InChI is InChI=1S/C25H33N3O6/c1-6-18(4)26-25(30)21(7-2)27(15-19-11-9-8-10-17(19)3)24(29)16-34-20-12-13-22(28(31)32)23(14-20)33-5/h8-14,18,21H,6-7,15-16H2,1-5H3,(H,26,30)/t18-,21+/m1/s1. The van der Waals surface area contributed by atoms with Crippen LogP contribution in [0.1, 0.15) is 44.7 Å². The molecule has 1 N–H and O–H groups in total. The second-order valence-electron chi connectivity index (χ2n) is 8.07. The van der Waals surface area contributed by atoms with Gasteiger partial charge in [-0.3, -0.25) is 19.7 Å². The number of hydrogen-bond donors (Lipinski definition) is 1. The Kier molecular flexibility index (Phi) is 9.85. The Morgan fingerprint density at radius 3 is 2.44 bits per heavy atom. The number of carbonyl (C=O) groups excluding carboxylic acids is 2. The zero-order chi connectivity index (χ0) is 25.3. The molecule has 0 bridgehead atoms. The second-order valence-corrected chi connectivity index (χ2v) is 8.07. The van der Waals surface area contributed by atoms with Crippen LogP contribution in [0.2, 0.25) is 0 Å². The molecule has 0 aliphatic carbocycles. The maximum absolute atomic E-state index is 13.3. The van der Waals surface area contributed by atoms with Gasteiger partial charge in [0.1, 0.15) is 11.8 Å². The quantitative estimate of drug-likeness (QED) is 0.370. The van der Waals surface area contributed by atoms with Gasteiger partial charge in [-0.05, 0) is 43.9 Å². The van der Waals surface area contributed by atoms with Crippen molar-refractivity contribution in [2.75, 3.05) is 13.7 Å². The van der Waals surface area contributed by atoms with Gasteiger partial charge in [0.2, 0.25) is 11.7 Å². The minimum atomic E-state index is -0.670. The molecule has 0 spiro atoms. The number of nitrogens with one attached hydrogen (secondary N) is 1. The number of benzene rings is 2. The van der Waals surface area contributed by atoms with Gasteiger partial charge >= 0.3 is 5.69 Å². The molecule has 9 nitrogen and oxygen atoms in total. The van der Waals surface area contributed by atoms with Gasteiger partial charge in [-0.2, -0.15) is 0 Å². The minimum Gasteiger partial charge on any atom is -0.490 e. The largest absolute Gasteiger partial charge is 0.490 e. The number of nitro benzene ring substituents is 1. The van der Waals surface area contributed by atoms with Gasteiger partial charge in [-0.1, -0.05) is 38.1 Å². The van der Waals surface area contributed by atoms with Crippen molar-refractivity contribution in [2.24, 2.45) is 0 Å². The highest BCUT2D eigenvalue weighted by Crippen LogP contribution is 2.30. The molecule has 0 saturated carbocycles. The molecule has 34 heavy (non-hydrogen) atoms. The minimum absolute atomic E-state index is 0.0132. The summed E-state index contributed by atoms with van der Waals surface area (Å²) >= 11 is 0. The third kappa shape index (κ3) is 6.94. The summed E-state index contributed by atoms with van der Waals surface area (Å²) in [6.45, 7) is 7.64. The Bertz CT molecular complexity index is 1010. The normalized spacial score (nSPS) is 12.4. The molecule has 2 atom stereocenters. The maximum Gasteiger partial charge on any atom is 0.311 e. The van der Waals surface area contributed by atoms with Gasteiger partial charge in [0.25, 0.3) is 5.91 Å². The molecule has 0 aromatic heterocycles. The molecule has 2 amide bonds. The Labute approximate surface area is 200 Å². The molecule has 0 fully saturated rings. The van der Waals surface area contributed by atoms with Crippen molar-refractivity contribution in [3.8, 4) is 11.5 Å². The summed E-state index contributed by atoms with van der Waals surface area (Å²) in [4.78, 5) is 38.4. The number of ether oxygens (including phenoxy) is 2. The Balaban J connectivity index is 2.26. The molecular formula is C25H33N3O6. The second kappa shape index (κ2) is 12.6. The van der Waals surface area contributed by atoms with Crippen LogP contribution >= 0.6 is 0 Å². The van der Waals surface area contributed by atoms with E-state index >= 15 is 0 Å². The maximum atomic E-state index is 13.3. The van der Waals surface area contributed by atoms with Crippen molar-refractivity contribution in [2.45, 2.75) is 59.2 Å². The van der Waals surface area contributed by atoms with E-state index in [1.165, 1.54) is 30.2 Å². The van der Waals surface area contributed by atoms with E-state index < -0.39 is 11.0 Å². The number of nitrogens with zero attached hydrogens (tertiary/aromatic N) is 2. The van der Waals surface area contributed by atoms with Crippen molar-refractivity contribution in [3.05, 3.63) is 63.7 Å².